The number of rotatable bonds is 13. The molecule has 0 saturated carbocycles. The molecule has 9 nitrogen and oxygen atoms in total. The molecule has 4 aromatic rings. The van der Waals surface area contributed by atoms with E-state index in [4.69, 9.17) is 9.15 Å². The number of ketones is 1. The van der Waals surface area contributed by atoms with E-state index in [0.29, 0.717) is 42.4 Å². The molecule has 1 atom stereocenters. The number of hydrogen-bond acceptors (Lipinski definition) is 7. The molecule has 0 saturated heterocycles. The molecule has 0 bridgehead atoms. The van der Waals surface area contributed by atoms with Crippen LogP contribution in [0.25, 0.3) is 22.2 Å². The van der Waals surface area contributed by atoms with Crippen LogP contribution in [0.5, 0.6) is 5.88 Å². The maximum atomic E-state index is 13.0. The highest BCUT2D eigenvalue weighted by molar-refractivity contribution is 5.85. The highest BCUT2D eigenvalue weighted by Gasteiger charge is 2.22. The summed E-state index contributed by atoms with van der Waals surface area (Å²) in [5.41, 5.74) is 3.30. The van der Waals surface area contributed by atoms with Gasteiger partial charge in [-0.3, -0.25) is 14.3 Å². The molecule has 1 aromatic carbocycles. The Labute approximate surface area is 222 Å². The van der Waals surface area contributed by atoms with Gasteiger partial charge in [-0.25, -0.2) is 9.97 Å². The van der Waals surface area contributed by atoms with E-state index in [1.807, 2.05) is 57.2 Å². The van der Waals surface area contributed by atoms with Gasteiger partial charge in [-0.15, -0.1) is 0 Å². The fourth-order valence-electron chi connectivity index (χ4n) is 4.50. The Kier molecular flexibility index (Phi) is 8.89. The number of para-hydroxylation sites is 1. The van der Waals surface area contributed by atoms with Gasteiger partial charge in [0.2, 0.25) is 17.7 Å². The molecule has 200 valence electrons. The molecule has 1 N–H and O–H groups in total. The second kappa shape index (κ2) is 12.5. The van der Waals surface area contributed by atoms with Crippen LogP contribution >= 0.6 is 0 Å². The third-order valence-electron chi connectivity index (χ3n) is 6.54. The van der Waals surface area contributed by atoms with Gasteiger partial charge in [0.15, 0.2) is 5.76 Å². The van der Waals surface area contributed by atoms with Crippen molar-refractivity contribution in [3.05, 3.63) is 59.9 Å². The predicted molar refractivity (Wildman–Crippen MR) is 145 cm³/mol. The number of hydrogen-bond donors (Lipinski definition) is 1. The number of amides is 1. The number of unbranched alkanes of at least 4 members (excludes halogenated alkanes) is 2. The predicted octanol–water partition coefficient (Wildman–Crippen LogP) is 5.50. The second-order valence-electron chi connectivity index (χ2n) is 9.50. The standard InChI is InChI=1S/C29H35N5O4/c1-5-22(35)12-7-6-8-14-25(31-27(36)18-34-20(3)15-19(2)33-34)29-30-17-26(38-29)23-16-21-11-9-10-13-24(21)32-28(23)37-4/h9-11,13,15-17,25H,5-8,12,14,18H2,1-4H3,(H,31,36). The first-order valence-corrected chi connectivity index (χ1v) is 13.1. The number of Topliss-reactive ketones (excluding diaryl/α,β-unsaturated/α-hetero) is 1. The summed E-state index contributed by atoms with van der Waals surface area (Å²) >= 11 is 0. The lowest BCUT2D eigenvalue weighted by Gasteiger charge is -2.16. The van der Waals surface area contributed by atoms with Gasteiger partial charge in [0.05, 0.1) is 30.1 Å². The average Bonchev–Trinajstić information content (AvgIpc) is 3.52. The van der Waals surface area contributed by atoms with Crippen molar-refractivity contribution in [3.63, 3.8) is 0 Å². The molecule has 1 unspecified atom stereocenters. The van der Waals surface area contributed by atoms with Crippen molar-refractivity contribution < 1.29 is 18.7 Å². The zero-order chi connectivity index (χ0) is 27.1. The third-order valence-corrected chi connectivity index (χ3v) is 6.54. The van der Waals surface area contributed by atoms with Crippen LogP contribution in [-0.2, 0) is 16.1 Å². The number of methoxy groups -OCH3 is 1. The van der Waals surface area contributed by atoms with E-state index in [9.17, 15) is 9.59 Å². The summed E-state index contributed by atoms with van der Waals surface area (Å²) in [6.45, 7) is 5.82. The molecule has 3 aromatic heterocycles. The Morgan fingerprint density at radius 1 is 1.13 bits per heavy atom. The van der Waals surface area contributed by atoms with E-state index in [2.05, 4.69) is 20.4 Å². The van der Waals surface area contributed by atoms with Gasteiger partial charge in [-0.1, -0.05) is 38.0 Å². The zero-order valence-electron chi connectivity index (χ0n) is 22.5. The molecular formula is C29H35N5O4. The molecule has 0 aliphatic heterocycles. The zero-order valence-corrected chi connectivity index (χ0v) is 22.5. The van der Waals surface area contributed by atoms with Gasteiger partial charge < -0.3 is 14.5 Å². The van der Waals surface area contributed by atoms with Crippen molar-refractivity contribution in [1.82, 2.24) is 25.1 Å². The minimum Gasteiger partial charge on any atom is -0.480 e. The fraction of sp³-hybridized carbons (Fsp3) is 0.414. The molecule has 4 rings (SSSR count). The van der Waals surface area contributed by atoms with E-state index < -0.39 is 6.04 Å². The van der Waals surface area contributed by atoms with Crippen LogP contribution in [0.2, 0.25) is 0 Å². The van der Waals surface area contributed by atoms with E-state index in [1.54, 1.807) is 18.0 Å². The summed E-state index contributed by atoms with van der Waals surface area (Å²) in [6, 6.07) is 11.3. The number of benzene rings is 1. The molecule has 0 aliphatic rings. The summed E-state index contributed by atoms with van der Waals surface area (Å²) < 4.78 is 13.4. The molecule has 0 fully saturated rings. The lowest BCUT2D eigenvalue weighted by atomic mass is 10.0. The summed E-state index contributed by atoms with van der Waals surface area (Å²) in [7, 11) is 1.57. The molecule has 38 heavy (non-hydrogen) atoms. The Hall–Kier alpha value is -4.01. The molecule has 3 heterocycles. The summed E-state index contributed by atoms with van der Waals surface area (Å²) in [5.74, 6) is 1.47. The van der Waals surface area contributed by atoms with Crippen LogP contribution in [0.1, 0.15) is 68.8 Å². The van der Waals surface area contributed by atoms with Gasteiger partial charge in [-0.05, 0) is 44.9 Å². The molecule has 9 heteroatoms. The Bertz CT molecular complexity index is 1410. The minimum absolute atomic E-state index is 0.108. The average molecular weight is 518 g/mol. The van der Waals surface area contributed by atoms with Crippen molar-refractivity contribution in [2.75, 3.05) is 7.11 Å². The number of oxazole rings is 1. The highest BCUT2D eigenvalue weighted by atomic mass is 16.5. The normalized spacial score (nSPS) is 12.0. The van der Waals surface area contributed by atoms with E-state index in [0.717, 1.165) is 41.6 Å². The lowest BCUT2D eigenvalue weighted by molar-refractivity contribution is -0.123. The van der Waals surface area contributed by atoms with Crippen molar-refractivity contribution in [2.45, 2.75) is 71.9 Å². The lowest BCUT2D eigenvalue weighted by Crippen LogP contribution is -2.32. The van der Waals surface area contributed by atoms with Crippen LogP contribution in [0, 0.1) is 13.8 Å². The third kappa shape index (κ3) is 6.65. The number of pyridine rings is 1. The first kappa shape index (κ1) is 27.0. The first-order valence-electron chi connectivity index (χ1n) is 13.1. The van der Waals surface area contributed by atoms with Gasteiger partial charge in [-0.2, -0.15) is 5.10 Å². The number of nitrogens with zero attached hydrogens (tertiary/aromatic N) is 4. The Morgan fingerprint density at radius 2 is 1.95 bits per heavy atom. The number of fused-ring (bicyclic) bond motifs is 1. The molecule has 1 amide bonds. The number of carbonyl (C=O) groups is 2. The monoisotopic (exact) mass is 517 g/mol. The Balaban J connectivity index is 1.53. The topological polar surface area (TPSA) is 112 Å². The fourth-order valence-corrected chi connectivity index (χ4v) is 4.50. The first-order chi connectivity index (χ1) is 18.4. The quantitative estimate of drug-likeness (QED) is 0.233. The summed E-state index contributed by atoms with van der Waals surface area (Å²) in [6.07, 6.45) is 5.96. The molecule has 0 radical (unpaired) electrons. The van der Waals surface area contributed by atoms with Crippen LogP contribution in [-0.4, -0.2) is 38.5 Å². The molecule has 0 spiro atoms. The van der Waals surface area contributed by atoms with Crippen LogP contribution in [0.4, 0.5) is 0 Å². The van der Waals surface area contributed by atoms with Crippen LogP contribution in [0.3, 0.4) is 0 Å². The van der Waals surface area contributed by atoms with E-state index >= 15 is 0 Å². The van der Waals surface area contributed by atoms with E-state index in [-0.39, 0.29) is 18.2 Å². The minimum atomic E-state index is -0.422. The number of carbonyl (C=O) groups excluding carboxylic acids is 2. The molecule has 0 aliphatic carbocycles. The van der Waals surface area contributed by atoms with Crippen LogP contribution in [0.15, 0.2) is 47.0 Å². The van der Waals surface area contributed by atoms with Crippen molar-refractivity contribution >= 4 is 22.6 Å². The Morgan fingerprint density at radius 3 is 2.68 bits per heavy atom. The highest BCUT2D eigenvalue weighted by Crippen LogP contribution is 2.33. The van der Waals surface area contributed by atoms with Gasteiger partial charge >= 0.3 is 0 Å². The van der Waals surface area contributed by atoms with Crippen LogP contribution < -0.4 is 10.1 Å². The number of aromatic nitrogens is 4. The maximum Gasteiger partial charge on any atom is 0.242 e. The second-order valence-corrected chi connectivity index (χ2v) is 9.50. The van der Waals surface area contributed by atoms with Gasteiger partial charge in [0.25, 0.3) is 0 Å². The maximum absolute atomic E-state index is 13.0. The SMILES string of the molecule is CCC(=O)CCCCCC(NC(=O)Cn1nc(C)cc1C)c1ncc(-c2cc3ccccc3nc2OC)o1. The van der Waals surface area contributed by atoms with Gasteiger partial charge in [0, 0.05) is 23.9 Å². The number of aryl methyl sites for hydroxylation is 2. The van der Waals surface area contributed by atoms with Gasteiger partial charge in [0.1, 0.15) is 18.4 Å². The largest absolute Gasteiger partial charge is 0.480 e. The van der Waals surface area contributed by atoms with Crippen molar-refractivity contribution in [2.24, 2.45) is 0 Å². The summed E-state index contributed by atoms with van der Waals surface area (Å²) in [4.78, 5) is 33.8. The summed E-state index contributed by atoms with van der Waals surface area (Å²) in [5, 5.41) is 8.43. The smallest absolute Gasteiger partial charge is 0.242 e. The van der Waals surface area contributed by atoms with E-state index in [1.165, 1.54) is 0 Å². The van der Waals surface area contributed by atoms with Crippen molar-refractivity contribution in [1.29, 1.82) is 0 Å². The molecular weight excluding hydrogens is 482 g/mol. The number of ether oxygens (including phenoxy) is 1. The number of nitrogens with one attached hydrogen (secondary N) is 1. The van der Waals surface area contributed by atoms with Crippen molar-refractivity contribution in [3.8, 4) is 17.2 Å².